The average molecular weight is 318 g/mol. The highest BCUT2D eigenvalue weighted by atomic mass is 79.9. The van der Waals surface area contributed by atoms with Crippen LogP contribution in [0.4, 0.5) is 10.1 Å². The normalized spacial score (nSPS) is 11.0. The van der Waals surface area contributed by atoms with E-state index in [1.165, 1.54) is 6.07 Å². The number of anilines is 1. The summed E-state index contributed by atoms with van der Waals surface area (Å²) in [5, 5.41) is 0.654. The zero-order chi connectivity index (χ0) is 13.5. The van der Waals surface area contributed by atoms with Gasteiger partial charge in [-0.3, -0.25) is 0 Å². The van der Waals surface area contributed by atoms with Crippen molar-refractivity contribution in [1.29, 1.82) is 0 Å². The summed E-state index contributed by atoms with van der Waals surface area (Å²) >= 11 is 3.42. The first kappa shape index (κ1) is 15.4. The maximum Gasteiger partial charge on any atom is 0.146 e. The second-order valence-electron chi connectivity index (χ2n) is 4.71. The summed E-state index contributed by atoms with van der Waals surface area (Å²) in [7, 11) is 1.67. The van der Waals surface area contributed by atoms with Crippen molar-refractivity contribution in [2.75, 3.05) is 31.7 Å². The fourth-order valence-corrected chi connectivity index (χ4v) is 2.41. The topological polar surface area (TPSA) is 12.5 Å². The van der Waals surface area contributed by atoms with E-state index in [-0.39, 0.29) is 5.82 Å². The molecule has 0 atom stereocenters. The maximum atomic E-state index is 14.1. The number of methoxy groups -OCH3 is 1. The Morgan fingerprint density at radius 2 is 2.11 bits per heavy atom. The number of hydrogen-bond acceptors (Lipinski definition) is 2. The van der Waals surface area contributed by atoms with Crippen molar-refractivity contribution in [3.63, 3.8) is 0 Å². The number of halogens is 2. The third kappa shape index (κ3) is 4.25. The molecule has 0 saturated carbocycles. The highest BCUT2D eigenvalue weighted by Crippen LogP contribution is 2.27. The fourth-order valence-electron chi connectivity index (χ4n) is 1.96. The molecule has 0 aliphatic heterocycles. The first-order chi connectivity index (χ1) is 8.60. The Bertz CT molecular complexity index is 371. The van der Waals surface area contributed by atoms with Gasteiger partial charge in [0.05, 0.1) is 12.3 Å². The first-order valence-electron chi connectivity index (χ1n) is 6.17. The van der Waals surface area contributed by atoms with Gasteiger partial charge in [0.25, 0.3) is 0 Å². The number of ether oxygens (including phenoxy) is 1. The van der Waals surface area contributed by atoms with E-state index < -0.39 is 0 Å². The number of nitrogens with zero attached hydrogens (tertiary/aromatic N) is 1. The van der Waals surface area contributed by atoms with E-state index >= 15 is 0 Å². The lowest BCUT2D eigenvalue weighted by molar-refractivity contribution is 0.204. The van der Waals surface area contributed by atoms with Crippen molar-refractivity contribution < 1.29 is 9.13 Å². The van der Waals surface area contributed by atoms with Gasteiger partial charge in [-0.1, -0.05) is 41.9 Å². The molecule has 0 aliphatic rings. The smallest absolute Gasteiger partial charge is 0.146 e. The first-order valence-corrected chi connectivity index (χ1v) is 7.29. The van der Waals surface area contributed by atoms with E-state index in [0.717, 1.165) is 12.1 Å². The lowest BCUT2D eigenvalue weighted by atomic mass is 10.1. The van der Waals surface area contributed by atoms with Crippen molar-refractivity contribution in [1.82, 2.24) is 0 Å². The molecule has 18 heavy (non-hydrogen) atoms. The van der Waals surface area contributed by atoms with Crippen LogP contribution in [0.2, 0.25) is 0 Å². The molecular formula is C14H21BrFNO. The van der Waals surface area contributed by atoms with Gasteiger partial charge in [0.15, 0.2) is 0 Å². The minimum Gasteiger partial charge on any atom is -0.383 e. The van der Waals surface area contributed by atoms with Crippen LogP contribution in [0, 0.1) is 11.7 Å². The summed E-state index contributed by atoms with van der Waals surface area (Å²) < 4.78 is 19.2. The van der Waals surface area contributed by atoms with Crippen LogP contribution in [0.3, 0.4) is 0 Å². The monoisotopic (exact) mass is 317 g/mol. The summed E-state index contributed by atoms with van der Waals surface area (Å²) in [4.78, 5) is 2.07. The van der Waals surface area contributed by atoms with Crippen LogP contribution in [0.15, 0.2) is 18.2 Å². The standard InChI is InChI=1S/C14H21BrFNO/c1-11(2)10-17(7-8-18-3)14-12(9-15)5-4-6-13(14)16/h4-6,11H,7-10H2,1-3H3. The quantitative estimate of drug-likeness (QED) is 0.709. The molecule has 0 bridgehead atoms. The molecule has 1 rings (SSSR count). The molecule has 0 radical (unpaired) electrons. The van der Waals surface area contributed by atoms with Crippen molar-refractivity contribution in [3.8, 4) is 0 Å². The molecule has 102 valence electrons. The lowest BCUT2D eigenvalue weighted by Gasteiger charge is -2.28. The summed E-state index contributed by atoms with van der Waals surface area (Å²) in [6.45, 7) is 6.39. The molecule has 1 aromatic carbocycles. The fraction of sp³-hybridized carbons (Fsp3) is 0.571. The van der Waals surface area contributed by atoms with Crippen LogP contribution in [-0.2, 0) is 10.1 Å². The summed E-state index contributed by atoms with van der Waals surface area (Å²) in [5.74, 6) is 0.313. The van der Waals surface area contributed by atoms with E-state index in [1.807, 2.05) is 6.07 Å². The molecule has 1 aromatic rings. The number of alkyl halides is 1. The molecule has 0 saturated heterocycles. The van der Waals surface area contributed by atoms with Gasteiger partial charge in [0.2, 0.25) is 0 Å². The highest BCUT2D eigenvalue weighted by Gasteiger charge is 2.16. The van der Waals surface area contributed by atoms with Gasteiger partial charge in [-0.25, -0.2) is 4.39 Å². The van der Waals surface area contributed by atoms with Gasteiger partial charge < -0.3 is 9.64 Å². The molecule has 4 heteroatoms. The van der Waals surface area contributed by atoms with Gasteiger partial charge in [-0.15, -0.1) is 0 Å². The van der Waals surface area contributed by atoms with E-state index in [2.05, 4.69) is 34.7 Å². The molecule has 0 heterocycles. The SMILES string of the molecule is COCCN(CC(C)C)c1c(F)cccc1CBr. The minimum absolute atomic E-state index is 0.163. The third-order valence-electron chi connectivity index (χ3n) is 2.68. The van der Waals surface area contributed by atoms with Crippen LogP contribution in [0.25, 0.3) is 0 Å². The molecule has 0 aliphatic carbocycles. The van der Waals surface area contributed by atoms with Crippen LogP contribution in [0.5, 0.6) is 0 Å². The predicted octanol–water partition coefficient (Wildman–Crippen LogP) is 3.83. The van der Waals surface area contributed by atoms with Crippen molar-refractivity contribution >= 4 is 21.6 Å². The molecule has 0 fully saturated rings. The number of benzene rings is 1. The molecule has 0 aromatic heterocycles. The zero-order valence-electron chi connectivity index (χ0n) is 11.2. The van der Waals surface area contributed by atoms with Gasteiger partial charge in [-0.2, -0.15) is 0 Å². The molecule has 0 N–H and O–H groups in total. The number of hydrogen-bond donors (Lipinski definition) is 0. The van der Waals surface area contributed by atoms with Gasteiger partial charge >= 0.3 is 0 Å². The van der Waals surface area contributed by atoms with Crippen LogP contribution in [0.1, 0.15) is 19.4 Å². The second-order valence-corrected chi connectivity index (χ2v) is 5.27. The van der Waals surface area contributed by atoms with Crippen molar-refractivity contribution in [2.45, 2.75) is 19.2 Å². The summed E-state index contributed by atoms with van der Waals surface area (Å²) in [5.41, 5.74) is 1.67. The Morgan fingerprint density at radius 1 is 1.39 bits per heavy atom. The van der Waals surface area contributed by atoms with Gasteiger partial charge in [0, 0.05) is 25.5 Å². The average Bonchev–Trinajstić information content (AvgIpc) is 2.34. The molecular weight excluding hydrogens is 297 g/mol. The highest BCUT2D eigenvalue weighted by molar-refractivity contribution is 9.08. The Morgan fingerprint density at radius 3 is 2.67 bits per heavy atom. The van der Waals surface area contributed by atoms with Crippen LogP contribution < -0.4 is 4.90 Å². The van der Waals surface area contributed by atoms with Crippen LogP contribution in [-0.4, -0.2) is 26.8 Å². The van der Waals surface area contributed by atoms with Crippen LogP contribution >= 0.6 is 15.9 Å². The van der Waals surface area contributed by atoms with E-state index in [1.54, 1.807) is 13.2 Å². The largest absolute Gasteiger partial charge is 0.383 e. The summed E-state index contributed by atoms with van der Waals surface area (Å²) in [6.07, 6.45) is 0. The lowest BCUT2D eigenvalue weighted by Crippen LogP contribution is -2.32. The Kier molecular flexibility index (Phi) is 6.65. The van der Waals surface area contributed by atoms with E-state index in [0.29, 0.717) is 30.1 Å². The number of para-hydroxylation sites is 1. The predicted molar refractivity (Wildman–Crippen MR) is 78.0 cm³/mol. The van der Waals surface area contributed by atoms with E-state index in [4.69, 9.17) is 4.74 Å². The molecule has 2 nitrogen and oxygen atoms in total. The molecule has 0 spiro atoms. The zero-order valence-corrected chi connectivity index (χ0v) is 12.8. The second kappa shape index (κ2) is 7.74. The maximum absolute atomic E-state index is 14.1. The van der Waals surface area contributed by atoms with Crippen molar-refractivity contribution in [2.24, 2.45) is 5.92 Å². The van der Waals surface area contributed by atoms with Crippen molar-refractivity contribution in [3.05, 3.63) is 29.6 Å². The summed E-state index contributed by atoms with van der Waals surface area (Å²) in [6, 6.07) is 5.22. The number of rotatable bonds is 7. The Labute approximate surface area is 117 Å². The molecule has 0 unspecified atom stereocenters. The Hall–Kier alpha value is -0.610. The minimum atomic E-state index is -0.163. The van der Waals surface area contributed by atoms with Gasteiger partial charge in [0.1, 0.15) is 5.82 Å². The van der Waals surface area contributed by atoms with E-state index in [9.17, 15) is 4.39 Å². The molecule has 0 amide bonds. The Balaban J connectivity index is 3.02. The van der Waals surface area contributed by atoms with Gasteiger partial charge in [-0.05, 0) is 17.5 Å². The third-order valence-corrected chi connectivity index (χ3v) is 3.29.